The molecule has 0 atom stereocenters. The summed E-state index contributed by atoms with van der Waals surface area (Å²) in [4.78, 5) is 16.9. The summed E-state index contributed by atoms with van der Waals surface area (Å²) in [6.07, 6.45) is 1.89. The molecule has 0 bridgehead atoms. The molecule has 0 saturated carbocycles. The van der Waals surface area contributed by atoms with Crippen molar-refractivity contribution in [2.45, 2.75) is 22.6 Å². The smallest absolute Gasteiger partial charge is 0.261 e. The lowest BCUT2D eigenvalue weighted by molar-refractivity contribution is 0.483. The van der Waals surface area contributed by atoms with Crippen LogP contribution in [0.2, 0.25) is 0 Å². The first kappa shape index (κ1) is 11.4. The molecule has 0 unspecified atom stereocenters. The van der Waals surface area contributed by atoms with Gasteiger partial charge in [0.2, 0.25) is 0 Å². The number of alkyl halides is 2. The van der Waals surface area contributed by atoms with Crippen molar-refractivity contribution in [2.75, 3.05) is 0 Å². The second-order valence-corrected chi connectivity index (χ2v) is 7.99. The van der Waals surface area contributed by atoms with Crippen molar-refractivity contribution in [3.63, 3.8) is 0 Å². The second-order valence-electron chi connectivity index (χ2n) is 4.22. The summed E-state index contributed by atoms with van der Waals surface area (Å²) in [6.45, 7) is 0.741. The van der Waals surface area contributed by atoms with Crippen LogP contribution in [0.1, 0.15) is 18.7 Å². The summed E-state index contributed by atoms with van der Waals surface area (Å²) >= 11 is 7.21. The van der Waals surface area contributed by atoms with E-state index in [-0.39, 0.29) is 8.79 Å². The Kier molecular flexibility index (Phi) is 2.63. The van der Waals surface area contributed by atoms with Crippen LogP contribution < -0.4 is 5.56 Å². The zero-order valence-corrected chi connectivity index (χ0v) is 12.2. The van der Waals surface area contributed by atoms with Gasteiger partial charge in [-0.25, -0.2) is 4.98 Å². The van der Waals surface area contributed by atoms with Crippen LogP contribution in [0.4, 0.5) is 0 Å². The van der Waals surface area contributed by atoms with E-state index in [1.165, 1.54) is 0 Å². The maximum Gasteiger partial charge on any atom is 0.261 e. The highest BCUT2D eigenvalue weighted by Crippen LogP contribution is 2.43. The topological polar surface area (TPSA) is 34.9 Å². The fraction of sp³-hybridized carbons (Fsp3) is 0.333. The van der Waals surface area contributed by atoms with Gasteiger partial charge in [0.15, 0.2) is 0 Å². The minimum absolute atomic E-state index is 0.0496. The van der Waals surface area contributed by atoms with Gasteiger partial charge in [-0.1, -0.05) is 44.0 Å². The molecule has 17 heavy (non-hydrogen) atoms. The Morgan fingerprint density at radius 2 is 2.06 bits per heavy atom. The lowest BCUT2D eigenvalue weighted by Crippen LogP contribution is -2.34. The van der Waals surface area contributed by atoms with Crippen molar-refractivity contribution in [2.24, 2.45) is 0 Å². The summed E-state index contributed by atoms with van der Waals surface area (Å²) in [6, 6.07) is 7.48. The molecule has 0 amide bonds. The maximum atomic E-state index is 12.3. The number of hydrogen-bond acceptors (Lipinski definition) is 2. The molecule has 3 nitrogen and oxygen atoms in total. The number of para-hydroxylation sites is 1. The first-order valence-corrected chi connectivity index (χ1v) is 7.06. The molecule has 0 spiro atoms. The van der Waals surface area contributed by atoms with Crippen molar-refractivity contribution >= 4 is 42.8 Å². The average molecular weight is 358 g/mol. The molecule has 1 aromatic heterocycles. The predicted octanol–water partition coefficient (Wildman–Crippen LogP) is 3.13. The van der Waals surface area contributed by atoms with E-state index in [1.54, 1.807) is 4.57 Å². The van der Waals surface area contributed by atoms with Crippen LogP contribution in [0, 0.1) is 0 Å². The highest BCUT2D eigenvalue weighted by atomic mass is 79.9. The molecule has 0 fully saturated rings. The minimum atomic E-state index is -0.374. The largest absolute Gasteiger partial charge is 0.294 e. The third-order valence-electron chi connectivity index (χ3n) is 3.06. The summed E-state index contributed by atoms with van der Waals surface area (Å²) in [5.41, 5.74) is 0.808. The second kappa shape index (κ2) is 3.92. The van der Waals surface area contributed by atoms with Gasteiger partial charge in [-0.2, -0.15) is 0 Å². The Bertz CT molecular complexity index is 648. The van der Waals surface area contributed by atoms with Gasteiger partial charge in [-0.15, -0.1) is 0 Å². The molecule has 5 heteroatoms. The summed E-state index contributed by atoms with van der Waals surface area (Å²) in [5, 5.41) is 0.689. The molecule has 0 aliphatic carbocycles. The lowest BCUT2D eigenvalue weighted by Gasteiger charge is -2.28. The van der Waals surface area contributed by atoms with Gasteiger partial charge in [-0.3, -0.25) is 9.36 Å². The lowest BCUT2D eigenvalue weighted by atomic mass is 10.1. The molecular formula is C12H10Br2N2O. The van der Waals surface area contributed by atoms with Crippen LogP contribution in [0.25, 0.3) is 10.9 Å². The Morgan fingerprint density at radius 1 is 1.29 bits per heavy atom. The highest BCUT2D eigenvalue weighted by molar-refractivity contribution is 9.24. The first-order chi connectivity index (χ1) is 8.09. The van der Waals surface area contributed by atoms with Crippen molar-refractivity contribution < 1.29 is 0 Å². The van der Waals surface area contributed by atoms with Gasteiger partial charge in [0.1, 0.15) is 9.06 Å². The summed E-state index contributed by atoms with van der Waals surface area (Å²) in [5.74, 6) is 0.771. The van der Waals surface area contributed by atoms with Gasteiger partial charge in [0.25, 0.3) is 5.56 Å². The van der Waals surface area contributed by atoms with Gasteiger partial charge < -0.3 is 0 Å². The molecule has 2 aromatic rings. The van der Waals surface area contributed by atoms with E-state index < -0.39 is 0 Å². The Labute approximate surface area is 115 Å². The van der Waals surface area contributed by atoms with E-state index in [2.05, 4.69) is 36.8 Å². The van der Waals surface area contributed by atoms with Crippen molar-refractivity contribution in [3.05, 3.63) is 40.4 Å². The van der Waals surface area contributed by atoms with Gasteiger partial charge >= 0.3 is 0 Å². The van der Waals surface area contributed by atoms with Crippen LogP contribution in [-0.2, 0) is 9.78 Å². The standard InChI is InChI=1S/C12H10Br2N2O/c13-12(14)6-3-7-16-10(17)8-4-1-2-5-9(8)15-11(12)16/h1-2,4-5H,3,6-7H2. The molecule has 88 valence electrons. The van der Waals surface area contributed by atoms with Crippen molar-refractivity contribution in [1.29, 1.82) is 0 Å². The minimum Gasteiger partial charge on any atom is -0.294 e. The summed E-state index contributed by atoms with van der Waals surface area (Å²) < 4.78 is 1.39. The number of benzene rings is 1. The Hall–Kier alpha value is -0.680. The maximum absolute atomic E-state index is 12.3. The number of hydrogen-bond donors (Lipinski definition) is 0. The number of fused-ring (bicyclic) bond motifs is 2. The van der Waals surface area contributed by atoms with Crippen molar-refractivity contribution in [1.82, 2.24) is 9.55 Å². The normalized spacial score (nSPS) is 18.0. The molecule has 1 aliphatic rings. The number of nitrogens with zero attached hydrogens (tertiary/aromatic N) is 2. The van der Waals surface area contributed by atoms with Crippen LogP contribution in [0.5, 0.6) is 0 Å². The molecular weight excluding hydrogens is 348 g/mol. The zero-order chi connectivity index (χ0) is 12.0. The third-order valence-corrected chi connectivity index (χ3v) is 4.56. The predicted molar refractivity (Wildman–Crippen MR) is 74.8 cm³/mol. The fourth-order valence-electron chi connectivity index (χ4n) is 2.23. The quantitative estimate of drug-likeness (QED) is 0.679. The Balaban J connectivity index is 2.43. The molecule has 0 N–H and O–H groups in total. The van der Waals surface area contributed by atoms with E-state index in [4.69, 9.17) is 0 Å². The van der Waals surface area contributed by atoms with Gasteiger partial charge in [0.05, 0.1) is 10.9 Å². The number of rotatable bonds is 0. The number of aromatic nitrogens is 2. The Morgan fingerprint density at radius 3 is 2.88 bits per heavy atom. The molecule has 0 radical (unpaired) electrons. The zero-order valence-electron chi connectivity index (χ0n) is 8.99. The molecule has 2 heterocycles. The SMILES string of the molecule is O=c1c2ccccc2nc2n1CCCC2(Br)Br. The van der Waals surface area contributed by atoms with E-state index in [0.29, 0.717) is 5.39 Å². The molecule has 3 rings (SSSR count). The van der Waals surface area contributed by atoms with E-state index >= 15 is 0 Å². The van der Waals surface area contributed by atoms with Crippen LogP contribution in [0.15, 0.2) is 29.1 Å². The van der Waals surface area contributed by atoms with E-state index in [1.807, 2.05) is 24.3 Å². The highest BCUT2D eigenvalue weighted by Gasteiger charge is 2.34. The first-order valence-electron chi connectivity index (χ1n) is 5.47. The van der Waals surface area contributed by atoms with Gasteiger partial charge in [-0.05, 0) is 25.0 Å². The third kappa shape index (κ3) is 1.76. The summed E-state index contributed by atoms with van der Waals surface area (Å²) in [7, 11) is 0. The fourth-order valence-corrected chi connectivity index (χ4v) is 3.39. The van der Waals surface area contributed by atoms with Crippen molar-refractivity contribution in [3.8, 4) is 0 Å². The van der Waals surface area contributed by atoms with Crippen LogP contribution in [-0.4, -0.2) is 9.55 Å². The van der Waals surface area contributed by atoms with Crippen LogP contribution >= 0.6 is 31.9 Å². The molecule has 1 aromatic carbocycles. The molecule has 1 aliphatic heterocycles. The van der Waals surface area contributed by atoms with Gasteiger partial charge in [0, 0.05) is 6.54 Å². The average Bonchev–Trinajstić information content (AvgIpc) is 2.31. The van der Waals surface area contributed by atoms with Crippen LogP contribution in [0.3, 0.4) is 0 Å². The van der Waals surface area contributed by atoms with E-state index in [9.17, 15) is 4.79 Å². The number of halogens is 2. The van der Waals surface area contributed by atoms with E-state index in [0.717, 1.165) is 30.7 Å². The molecule has 0 saturated heterocycles. The monoisotopic (exact) mass is 356 g/mol.